The van der Waals surface area contributed by atoms with E-state index < -0.39 is 56.0 Å². The normalized spacial score (nSPS) is 24.0. The Morgan fingerprint density at radius 2 is 1.98 bits per heavy atom. The summed E-state index contributed by atoms with van der Waals surface area (Å²) in [5.41, 5.74) is 2.83. The number of nitrogens with two attached hydrogens (primary N) is 1. The molecule has 3 heterocycles. The number of benzene rings is 2. The first-order chi connectivity index (χ1) is 21.1. The Balaban J connectivity index is 1.40. The maximum absolute atomic E-state index is 14.3. The fraction of sp³-hybridized carbons (Fsp3) is 0.448. The minimum absolute atomic E-state index is 0.0181. The number of aliphatic hydroxyl groups is 2. The van der Waals surface area contributed by atoms with Crippen molar-refractivity contribution in [1.82, 2.24) is 24.6 Å². The third-order valence-corrected chi connectivity index (χ3v) is 8.82. The first-order valence-corrected chi connectivity index (χ1v) is 15.8. The highest BCUT2D eigenvalue weighted by Gasteiger charge is 2.54. The second kappa shape index (κ2) is 12.2. The van der Waals surface area contributed by atoms with Crippen molar-refractivity contribution < 1.29 is 38.1 Å². The van der Waals surface area contributed by atoms with Crippen LogP contribution in [0.5, 0.6) is 5.75 Å². The predicted molar refractivity (Wildman–Crippen MR) is 164 cm³/mol. The Labute approximate surface area is 258 Å². The van der Waals surface area contributed by atoms with Gasteiger partial charge in [-0.15, -0.1) is 0 Å². The largest absolute Gasteiger partial charge is 0.464 e. The lowest BCUT2D eigenvalue weighted by Gasteiger charge is -2.27. The monoisotopic (exact) mass is 644 g/mol. The molecule has 6 atom stereocenters. The minimum atomic E-state index is -4.39. The molecule has 0 amide bonds. The lowest BCUT2D eigenvalue weighted by molar-refractivity contribution is -0.148. The van der Waals surface area contributed by atoms with Gasteiger partial charge < -0.3 is 29.9 Å². The number of fused-ring (bicyclic) bond motifs is 2. The molecule has 1 saturated heterocycles. The molecule has 45 heavy (non-hydrogen) atoms. The number of aliphatic hydroxyl groups excluding tert-OH is 1. The Kier molecular flexibility index (Phi) is 8.79. The smallest absolute Gasteiger partial charge is 0.459 e. The summed E-state index contributed by atoms with van der Waals surface area (Å²) in [5.74, 6) is -0.639. The first-order valence-electron chi connectivity index (χ1n) is 14.2. The number of ether oxygens (including phenoxy) is 2. The summed E-state index contributed by atoms with van der Waals surface area (Å²) >= 11 is 0. The van der Waals surface area contributed by atoms with Crippen LogP contribution in [-0.4, -0.2) is 72.8 Å². The highest BCUT2D eigenvalue weighted by molar-refractivity contribution is 7.52. The van der Waals surface area contributed by atoms with Crippen molar-refractivity contribution in [1.29, 1.82) is 0 Å². The van der Waals surface area contributed by atoms with E-state index in [0.717, 1.165) is 5.39 Å². The number of aromatic amines is 1. The molecule has 0 saturated carbocycles. The van der Waals surface area contributed by atoms with E-state index in [4.69, 9.17) is 24.3 Å². The summed E-state index contributed by atoms with van der Waals surface area (Å²) < 4.78 is 38.7. The van der Waals surface area contributed by atoms with E-state index in [1.807, 2.05) is 39.0 Å². The molecule has 242 valence electrons. The molecule has 16 heteroatoms. The molecule has 4 aromatic rings. The molecule has 5 rings (SSSR count). The van der Waals surface area contributed by atoms with Crippen molar-refractivity contribution in [2.24, 2.45) is 5.41 Å². The maximum atomic E-state index is 14.3. The van der Waals surface area contributed by atoms with Gasteiger partial charge in [0, 0.05) is 5.39 Å². The summed E-state index contributed by atoms with van der Waals surface area (Å²) in [6.45, 7) is 8.07. The van der Waals surface area contributed by atoms with Crippen LogP contribution >= 0.6 is 7.75 Å². The van der Waals surface area contributed by atoms with Gasteiger partial charge in [-0.1, -0.05) is 57.2 Å². The van der Waals surface area contributed by atoms with Crippen molar-refractivity contribution in [2.75, 3.05) is 18.9 Å². The van der Waals surface area contributed by atoms with Crippen LogP contribution in [0.4, 0.5) is 5.95 Å². The number of esters is 1. The number of hydrogen-bond donors (Lipinski definition) is 5. The van der Waals surface area contributed by atoms with Crippen molar-refractivity contribution in [3.8, 4) is 5.75 Å². The fourth-order valence-corrected chi connectivity index (χ4v) is 6.38. The topological polar surface area (TPSA) is 213 Å². The number of rotatable bonds is 10. The van der Waals surface area contributed by atoms with Crippen LogP contribution in [0.15, 0.2) is 53.6 Å². The molecule has 0 spiro atoms. The van der Waals surface area contributed by atoms with E-state index >= 15 is 0 Å². The number of nitrogen functional groups attached to an aromatic ring is 1. The maximum Gasteiger partial charge on any atom is 0.459 e. The van der Waals surface area contributed by atoms with Gasteiger partial charge in [0.25, 0.3) is 5.56 Å². The van der Waals surface area contributed by atoms with Gasteiger partial charge >= 0.3 is 13.7 Å². The zero-order chi connectivity index (χ0) is 32.7. The number of anilines is 1. The zero-order valence-electron chi connectivity index (χ0n) is 25.5. The highest BCUT2D eigenvalue weighted by atomic mass is 31.2. The SMILES string of the molecule is C[C@H](NP(=O)(OC[C@H]1O[C@@H](n2cnc3c(=O)[nH]c(N)nc32)[C@](C)(O)[C@@H]1O)Oc1cccc2ccccc12)C(=O)OCC(C)(C)C. The van der Waals surface area contributed by atoms with E-state index in [1.165, 1.54) is 24.7 Å². The average Bonchev–Trinajstić information content (AvgIpc) is 3.48. The number of carbonyl (C=O) groups excluding carboxylic acids is 1. The molecular formula is C29H37N6O9P. The quantitative estimate of drug-likeness (QED) is 0.124. The number of carbonyl (C=O) groups is 1. The third-order valence-electron chi connectivity index (χ3n) is 7.19. The van der Waals surface area contributed by atoms with Crippen LogP contribution in [-0.2, 0) is 23.4 Å². The van der Waals surface area contributed by atoms with Crippen LogP contribution in [0, 0.1) is 5.41 Å². The Morgan fingerprint density at radius 1 is 1.27 bits per heavy atom. The summed E-state index contributed by atoms with van der Waals surface area (Å²) in [6.07, 6.45) is -2.89. The lowest BCUT2D eigenvalue weighted by Crippen LogP contribution is -2.44. The van der Waals surface area contributed by atoms with Gasteiger partial charge in [0.1, 0.15) is 29.6 Å². The second-order valence-electron chi connectivity index (χ2n) is 12.4. The predicted octanol–water partition coefficient (Wildman–Crippen LogP) is 2.64. The molecular weight excluding hydrogens is 607 g/mol. The highest BCUT2D eigenvalue weighted by Crippen LogP contribution is 2.48. The van der Waals surface area contributed by atoms with Gasteiger partial charge in [-0.25, -0.2) is 9.55 Å². The standard InChI is InChI=1S/C29H37N6O9P/c1-16(25(38)41-14-28(2,3)4)34-45(40,44-19-12-8-10-17-9-6-7-11-18(17)19)42-13-20-22(36)29(5,39)26(43-20)35-15-31-21-23(35)32-27(30)33-24(21)37/h6-12,15-16,20,22,26,36,39H,13-14H2,1-5H3,(H,34,40)(H3,30,32,33,37)/t16-,20+,22+,26+,29+,45?/m0/s1. The zero-order valence-corrected chi connectivity index (χ0v) is 26.4. The molecule has 1 aliphatic heterocycles. The summed E-state index contributed by atoms with van der Waals surface area (Å²) in [5, 5.41) is 26.5. The number of nitrogens with one attached hydrogen (secondary N) is 2. The van der Waals surface area contributed by atoms with Gasteiger partial charge in [-0.3, -0.25) is 23.7 Å². The van der Waals surface area contributed by atoms with Crippen LogP contribution in [0.2, 0.25) is 0 Å². The summed E-state index contributed by atoms with van der Waals surface area (Å²) in [4.78, 5) is 35.5. The van der Waals surface area contributed by atoms with Crippen LogP contribution in [0.3, 0.4) is 0 Å². The number of nitrogens with zero attached hydrogens (tertiary/aromatic N) is 3. The number of aromatic nitrogens is 4. The van der Waals surface area contributed by atoms with Gasteiger partial charge in [-0.05, 0) is 30.7 Å². The van der Waals surface area contributed by atoms with Crippen LogP contribution < -0.4 is 20.9 Å². The third kappa shape index (κ3) is 6.88. The number of imidazole rings is 1. The second-order valence-corrected chi connectivity index (χ2v) is 14.0. The summed E-state index contributed by atoms with van der Waals surface area (Å²) in [6, 6.07) is 11.3. The average molecular weight is 645 g/mol. The van der Waals surface area contributed by atoms with Crippen molar-refractivity contribution >= 4 is 41.6 Å². The van der Waals surface area contributed by atoms with E-state index in [-0.39, 0.29) is 34.9 Å². The molecule has 1 aliphatic rings. The number of hydrogen-bond acceptors (Lipinski definition) is 12. The molecule has 1 unspecified atom stereocenters. The van der Waals surface area contributed by atoms with Crippen molar-refractivity contribution in [3.63, 3.8) is 0 Å². The molecule has 0 bridgehead atoms. The van der Waals surface area contributed by atoms with Crippen molar-refractivity contribution in [3.05, 3.63) is 59.1 Å². The molecule has 6 N–H and O–H groups in total. The fourth-order valence-electron chi connectivity index (χ4n) is 4.86. The molecule has 2 aromatic carbocycles. The Hall–Kier alpha value is -3.85. The van der Waals surface area contributed by atoms with Gasteiger partial charge in [-0.2, -0.15) is 10.1 Å². The van der Waals surface area contributed by atoms with E-state index in [2.05, 4.69) is 20.0 Å². The van der Waals surface area contributed by atoms with Crippen LogP contribution in [0.1, 0.15) is 40.8 Å². The Morgan fingerprint density at radius 3 is 2.71 bits per heavy atom. The molecule has 2 aromatic heterocycles. The lowest BCUT2D eigenvalue weighted by atomic mass is 9.96. The van der Waals surface area contributed by atoms with Crippen molar-refractivity contribution in [2.45, 2.75) is 64.7 Å². The molecule has 0 radical (unpaired) electrons. The molecule has 0 aliphatic carbocycles. The van der Waals surface area contributed by atoms with Gasteiger partial charge in [0.2, 0.25) is 5.95 Å². The van der Waals surface area contributed by atoms with E-state index in [1.54, 1.807) is 24.3 Å². The Bertz CT molecular complexity index is 1810. The molecule has 15 nitrogen and oxygen atoms in total. The molecule has 1 fully saturated rings. The van der Waals surface area contributed by atoms with Crippen LogP contribution in [0.25, 0.3) is 21.9 Å². The minimum Gasteiger partial charge on any atom is -0.464 e. The van der Waals surface area contributed by atoms with E-state index in [9.17, 15) is 24.4 Å². The van der Waals surface area contributed by atoms with E-state index in [0.29, 0.717) is 5.39 Å². The van der Waals surface area contributed by atoms with Gasteiger partial charge in [0.15, 0.2) is 17.4 Å². The summed E-state index contributed by atoms with van der Waals surface area (Å²) in [7, 11) is -4.39. The number of H-pyrrole nitrogens is 1. The first kappa shape index (κ1) is 32.5. The van der Waals surface area contributed by atoms with Gasteiger partial charge in [0.05, 0.1) is 19.5 Å².